The van der Waals surface area contributed by atoms with E-state index in [1.54, 1.807) is 44.6 Å². The molecule has 12 nitrogen and oxygen atoms in total. The average Bonchev–Trinajstić information content (AvgIpc) is 3.77. The molecule has 1 aliphatic heterocycles. The van der Waals surface area contributed by atoms with Gasteiger partial charge in [0.05, 0.1) is 26.6 Å². The Balaban J connectivity index is 1.38. The SMILES string of the molecule is COc1ccc(-c2nnn(CC(=O)N(C[C@H]3CCCO3)[C@@H](C(=O)NC3CCCC3)c3ccco3)n2)cc1OC. The van der Waals surface area contributed by atoms with Crippen LogP contribution in [0.25, 0.3) is 11.4 Å². The third kappa shape index (κ3) is 6.22. The van der Waals surface area contributed by atoms with Crippen molar-refractivity contribution in [2.24, 2.45) is 0 Å². The van der Waals surface area contributed by atoms with E-state index in [4.69, 9.17) is 18.6 Å². The van der Waals surface area contributed by atoms with Gasteiger partial charge in [0.15, 0.2) is 17.5 Å². The van der Waals surface area contributed by atoms with Crippen LogP contribution in [0.3, 0.4) is 0 Å². The number of hydrogen-bond acceptors (Lipinski definition) is 9. The standard InChI is InChI=1S/C27H34N6O6/c1-36-21-12-11-18(15-23(21)37-2)26-29-31-33(30-26)17-24(34)32(16-20-9-5-13-38-20)25(22-10-6-14-39-22)27(35)28-19-7-3-4-8-19/h6,10-12,14-15,19-20,25H,3-5,7-9,13,16-17H2,1-2H3,(H,28,35)/t20-,25-/m1/s1. The number of methoxy groups -OCH3 is 2. The van der Waals surface area contributed by atoms with Crippen LogP contribution in [0, 0.1) is 0 Å². The van der Waals surface area contributed by atoms with Gasteiger partial charge in [-0.15, -0.1) is 10.2 Å². The van der Waals surface area contributed by atoms with Crippen LogP contribution in [0.5, 0.6) is 11.5 Å². The lowest BCUT2D eigenvalue weighted by molar-refractivity contribution is -0.144. The van der Waals surface area contributed by atoms with Crippen molar-refractivity contribution in [3.63, 3.8) is 0 Å². The predicted octanol–water partition coefficient (Wildman–Crippen LogP) is 2.76. The number of benzene rings is 1. The molecule has 3 heterocycles. The fourth-order valence-corrected chi connectivity index (χ4v) is 5.19. The summed E-state index contributed by atoms with van der Waals surface area (Å²) in [5.41, 5.74) is 0.659. The first-order valence-electron chi connectivity index (χ1n) is 13.3. The van der Waals surface area contributed by atoms with E-state index in [2.05, 4.69) is 20.7 Å². The minimum absolute atomic E-state index is 0.0932. The first kappa shape index (κ1) is 26.7. The summed E-state index contributed by atoms with van der Waals surface area (Å²) in [6.07, 6.45) is 7.07. The molecule has 0 radical (unpaired) electrons. The molecule has 2 aromatic heterocycles. The van der Waals surface area contributed by atoms with E-state index < -0.39 is 6.04 Å². The average molecular weight is 539 g/mol. The fraction of sp³-hybridized carbons (Fsp3) is 0.519. The van der Waals surface area contributed by atoms with E-state index in [-0.39, 0.29) is 37.0 Å². The van der Waals surface area contributed by atoms with Crippen LogP contribution in [0.1, 0.15) is 50.3 Å². The topological polar surface area (TPSA) is 134 Å². The lowest BCUT2D eigenvalue weighted by Gasteiger charge is -2.32. The zero-order valence-electron chi connectivity index (χ0n) is 22.2. The molecule has 208 valence electrons. The minimum atomic E-state index is -0.939. The number of carbonyl (C=O) groups excluding carboxylic acids is 2. The highest BCUT2D eigenvalue weighted by molar-refractivity contribution is 5.88. The molecule has 1 aromatic carbocycles. The van der Waals surface area contributed by atoms with Crippen LogP contribution in [-0.4, -0.2) is 76.4 Å². The summed E-state index contributed by atoms with van der Waals surface area (Å²) in [5, 5.41) is 15.8. The number of furan rings is 1. The number of rotatable bonds is 11. The van der Waals surface area contributed by atoms with Gasteiger partial charge in [0, 0.05) is 24.8 Å². The Morgan fingerprint density at radius 1 is 1.13 bits per heavy atom. The summed E-state index contributed by atoms with van der Waals surface area (Å²) in [6.45, 7) is 0.673. The fourth-order valence-electron chi connectivity index (χ4n) is 5.19. The largest absolute Gasteiger partial charge is 0.493 e. The first-order chi connectivity index (χ1) is 19.1. The van der Waals surface area contributed by atoms with Gasteiger partial charge in [0.2, 0.25) is 11.7 Å². The molecule has 2 fully saturated rings. The highest BCUT2D eigenvalue weighted by atomic mass is 16.5. The van der Waals surface area contributed by atoms with Gasteiger partial charge < -0.3 is 28.8 Å². The lowest BCUT2D eigenvalue weighted by atomic mass is 10.1. The first-order valence-corrected chi connectivity index (χ1v) is 13.3. The molecule has 12 heteroatoms. The molecule has 0 spiro atoms. The molecule has 2 amide bonds. The maximum Gasteiger partial charge on any atom is 0.250 e. The number of ether oxygens (including phenoxy) is 3. The molecule has 1 aliphatic carbocycles. The zero-order valence-corrected chi connectivity index (χ0v) is 22.2. The molecule has 1 saturated carbocycles. The third-order valence-electron chi connectivity index (χ3n) is 7.19. The third-order valence-corrected chi connectivity index (χ3v) is 7.19. The lowest BCUT2D eigenvalue weighted by Crippen LogP contribution is -2.49. The second-order valence-corrected chi connectivity index (χ2v) is 9.80. The summed E-state index contributed by atoms with van der Waals surface area (Å²) >= 11 is 0. The molecule has 5 rings (SSSR count). The van der Waals surface area contributed by atoms with E-state index in [1.807, 2.05) is 0 Å². The maximum absolute atomic E-state index is 13.8. The molecular weight excluding hydrogens is 504 g/mol. The summed E-state index contributed by atoms with van der Waals surface area (Å²) in [5.74, 6) is 1.23. The van der Waals surface area contributed by atoms with Crippen LogP contribution in [0.15, 0.2) is 41.0 Å². The summed E-state index contributed by atoms with van der Waals surface area (Å²) in [6, 6.07) is 7.87. The van der Waals surface area contributed by atoms with Gasteiger partial charge in [0.1, 0.15) is 12.3 Å². The second-order valence-electron chi connectivity index (χ2n) is 9.80. The molecule has 2 aliphatic rings. The Labute approximate surface area is 226 Å². The normalized spacial score (nSPS) is 18.2. The Morgan fingerprint density at radius 3 is 2.64 bits per heavy atom. The van der Waals surface area contributed by atoms with Crippen molar-refractivity contribution in [1.82, 2.24) is 30.4 Å². The smallest absolute Gasteiger partial charge is 0.250 e. The van der Waals surface area contributed by atoms with Crippen molar-refractivity contribution in [3.8, 4) is 22.9 Å². The molecule has 2 atom stereocenters. The molecule has 0 unspecified atom stereocenters. The van der Waals surface area contributed by atoms with Crippen molar-refractivity contribution in [3.05, 3.63) is 42.4 Å². The second kappa shape index (κ2) is 12.3. The van der Waals surface area contributed by atoms with Crippen molar-refractivity contribution in [1.29, 1.82) is 0 Å². The van der Waals surface area contributed by atoms with Crippen LogP contribution in [0.2, 0.25) is 0 Å². The molecule has 1 saturated heterocycles. The molecule has 3 aromatic rings. The molecular formula is C27H34N6O6. The molecule has 0 bridgehead atoms. The molecule has 1 N–H and O–H groups in total. The highest BCUT2D eigenvalue weighted by Gasteiger charge is 2.37. The number of nitrogens with zero attached hydrogens (tertiary/aromatic N) is 5. The number of amides is 2. The monoisotopic (exact) mass is 538 g/mol. The van der Waals surface area contributed by atoms with Gasteiger partial charge in [-0.3, -0.25) is 9.59 Å². The van der Waals surface area contributed by atoms with E-state index >= 15 is 0 Å². The van der Waals surface area contributed by atoms with Crippen molar-refractivity contribution in [2.75, 3.05) is 27.4 Å². The van der Waals surface area contributed by atoms with Crippen molar-refractivity contribution < 1.29 is 28.2 Å². The Morgan fingerprint density at radius 2 is 1.95 bits per heavy atom. The van der Waals surface area contributed by atoms with Crippen molar-refractivity contribution in [2.45, 2.75) is 63.3 Å². The van der Waals surface area contributed by atoms with E-state index in [9.17, 15) is 9.59 Å². The van der Waals surface area contributed by atoms with E-state index in [0.29, 0.717) is 35.3 Å². The van der Waals surface area contributed by atoms with Gasteiger partial charge in [0.25, 0.3) is 5.91 Å². The molecule has 39 heavy (non-hydrogen) atoms. The summed E-state index contributed by atoms with van der Waals surface area (Å²) in [7, 11) is 3.11. The van der Waals surface area contributed by atoms with E-state index in [0.717, 1.165) is 38.5 Å². The van der Waals surface area contributed by atoms with Gasteiger partial charge in [-0.05, 0) is 61.2 Å². The zero-order chi connectivity index (χ0) is 27.2. The van der Waals surface area contributed by atoms with Crippen molar-refractivity contribution >= 4 is 11.8 Å². The van der Waals surface area contributed by atoms with Crippen LogP contribution in [-0.2, 0) is 20.9 Å². The summed E-state index contributed by atoms with van der Waals surface area (Å²) < 4.78 is 22.2. The van der Waals surface area contributed by atoms with Gasteiger partial charge in [-0.1, -0.05) is 12.8 Å². The number of carbonyl (C=O) groups is 2. The maximum atomic E-state index is 13.8. The Hall–Kier alpha value is -3.93. The van der Waals surface area contributed by atoms with Crippen LogP contribution >= 0.6 is 0 Å². The van der Waals surface area contributed by atoms with Crippen LogP contribution < -0.4 is 14.8 Å². The van der Waals surface area contributed by atoms with Gasteiger partial charge >= 0.3 is 0 Å². The Kier molecular flexibility index (Phi) is 8.40. The highest BCUT2D eigenvalue weighted by Crippen LogP contribution is 2.31. The quantitative estimate of drug-likeness (QED) is 0.391. The number of hydrogen-bond donors (Lipinski definition) is 1. The van der Waals surface area contributed by atoms with Crippen LogP contribution in [0.4, 0.5) is 0 Å². The number of tetrazole rings is 1. The number of aromatic nitrogens is 4. The van der Waals surface area contributed by atoms with E-state index in [1.165, 1.54) is 16.0 Å². The van der Waals surface area contributed by atoms with Gasteiger partial charge in [-0.2, -0.15) is 4.80 Å². The minimum Gasteiger partial charge on any atom is -0.493 e. The Bertz CT molecular complexity index is 1250. The number of nitrogens with one attached hydrogen (secondary N) is 1. The van der Waals surface area contributed by atoms with Gasteiger partial charge in [-0.25, -0.2) is 0 Å². The summed E-state index contributed by atoms with van der Waals surface area (Å²) in [4.78, 5) is 30.1. The predicted molar refractivity (Wildman–Crippen MR) is 139 cm³/mol.